The first-order valence-electron chi connectivity index (χ1n) is 8.23. The van der Waals surface area contributed by atoms with Gasteiger partial charge in [-0.2, -0.15) is 9.97 Å². The van der Waals surface area contributed by atoms with Crippen LogP contribution in [-0.2, 0) is 11.2 Å². The smallest absolute Gasteiger partial charge is 0.261 e. The van der Waals surface area contributed by atoms with Crippen LogP contribution in [0.3, 0.4) is 0 Å². The number of nitrogens with zero attached hydrogens (tertiary/aromatic N) is 4. The van der Waals surface area contributed by atoms with Crippen LogP contribution in [0.1, 0.15) is 30.4 Å². The van der Waals surface area contributed by atoms with E-state index in [1.54, 1.807) is 6.92 Å². The Balaban J connectivity index is 1.49. The van der Waals surface area contributed by atoms with E-state index in [4.69, 9.17) is 18.5 Å². The van der Waals surface area contributed by atoms with Gasteiger partial charge in [0.15, 0.2) is 11.6 Å². The molecule has 1 saturated heterocycles. The Hall–Kier alpha value is -2.74. The number of aryl methyl sites for hydroxylation is 1. The Morgan fingerprint density at radius 2 is 1.96 bits per heavy atom. The van der Waals surface area contributed by atoms with Crippen molar-refractivity contribution in [3.05, 3.63) is 41.8 Å². The highest BCUT2D eigenvalue weighted by Gasteiger charge is 2.19. The van der Waals surface area contributed by atoms with Gasteiger partial charge in [0.25, 0.3) is 5.89 Å². The highest BCUT2D eigenvalue weighted by atomic mass is 16.5. The van der Waals surface area contributed by atoms with Crippen molar-refractivity contribution in [2.45, 2.75) is 32.3 Å². The summed E-state index contributed by atoms with van der Waals surface area (Å²) in [5, 5.41) is 7.83. The highest BCUT2D eigenvalue weighted by Crippen LogP contribution is 2.29. The van der Waals surface area contributed by atoms with Crippen LogP contribution < -0.4 is 4.74 Å². The molecule has 1 aromatic carbocycles. The van der Waals surface area contributed by atoms with Crippen LogP contribution in [0.5, 0.6) is 5.75 Å². The van der Waals surface area contributed by atoms with Crippen molar-refractivity contribution in [2.75, 3.05) is 13.2 Å². The molecule has 25 heavy (non-hydrogen) atoms. The van der Waals surface area contributed by atoms with Crippen LogP contribution in [0.2, 0.25) is 0 Å². The quantitative estimate of drug-likeness (QED) is 0.674. The minimum atomic E-state index is 0.146. The van der Waals surface area contributed by atoms with E-state index in [1.807, 2.05) is 24.3 Å². The molecule has 1 aliphatic rings. The van der Waals surface area contributed by atoms with Gasteiger partial charge in [0.2, 0.25) is 5.89 Å². The number of benzene rings is 1. The molecule has 1 fully saturated rings. The van der Waals surface area contributed by atoms with Gasteiger partial charge in [-0.15, -0.1) is 0 Å². The molecule has 0 saturated carbocycles. The van der Waals surface area contributed by atoms with E-state index in [9.17, 15) is 0 Å². The summed E-state index contributed by atoms with van der Waals surface area (Å²) in [6.45, 7) is 3.05. The predicted octanol–water partition coefficient (Wildman–Crippen LogP) is 2.58. The molecule has 1 aliphatic heterocycles. The zero-order chi connectivity index (χ0) is 17.1. The number of hydrogen-bond acceptors (Lipinski definition) is 8. The first-order chi connectivity index (χ1) is 12.3. The number of hydrogen-bond donors (Lipinski definition) is 0. The molecule has 0 radical (unpaired) electrons. The summed E-state index contributed by atoms with van der Waals surface area (Å²) in [5.74, 6) is 2.62. The fourth-order valence-electron chi connectivity index (χ4n) is 2.72. The van der Waals surface area contributed by atoms with Crippen LogP contribution in [-0.4, -0.2) is 39.6 Å². The Labute approximate surface area is 144 Å². The van der Waals surface area contributed by atoms with Crippen molar-refractivity contribution < 1.29 is 18.5 Å². The summed E-state index contributed by atoms with van der Waals surface area (Å²) in [4.78, 5) is 8.56. The predicted molar refractivity (Wildman–Crippen MR) is 86.0 cm³/mol. The van der Waals surface area contributed by atoms with Crippen molar-refractivity contribution in [1.29, 1.82) is 0 Å². The normalized spacial score (nSPS) is 17.1. The zero-order valence-corrected chi connectivity index (χ0v) is 13.8. The SMILES string of the molecule is Cc1nc(Cc2noc(-c3ccccc3OC[C@@H]3CCCO3)n2)no1. The molecule has 0 N–H and O–H groups in total. The first-order valence-corrected chi connectivity index (χ1v) is 8.23. The van der Waals surface area contributed by atoms with Gasteiger partial charge in [0.1, 0.15) is 12.4 Å². The van der Waals surface area contributed by atoms with E-state index in [1.165, 1.54) is 0 Å². The monoisotopic (exact) mass is 342 g/mol. The molecule has 8 nitrogen and oxygen atoms in total. The van der Waals surface area contributed by atoms with Gasteiger partial charge in [0, 0.05) is 13.5 Å². The zero-order valence-electron chi connectivity index (χ0n) is 13.8. The summed E-state index contributed by atoms with van der Waals surface area (Å²) in [7, 11) is 0. The van der Waals surface area contributed by atoms with Crippen molar-refractivity contribution in [1.82, 2.24) is 20.3 Å². The van der Waals surface area contributed by atoms with Crippen molar-refractivity contribution in [2.24, 2.45) is 0 Å². The van der Waals surface area contributed by atoms with Gasteiger partial charge in [-0.3, -0.25) is 0 Å². The molecule has 0 unspecified atom stereocenters. The second-order valence-corrected chi connectivity index (χ2v) is 5.86. The van der Waals surface area contributed by atoms with Crippen LogP contribution in [0.15, 0.2) is 33.3 Å². The Kier molecular flexibility index (Phi) is 4.43. The Bertz CT molecular complexity index is 839. The van der Waals surface area contributed by atoms with E-state index >= 15 is 0 Å². The third-order valence-corrected chi connectivity index (χ3v) is 3.92. The molecule has 0 spiro atoms. The maximum absolute atomic E-state index is 5.91. The molecular weight excluding hydrogens is 324 g/mol. The lowest BCUT2D eigenvalue weighted by Crippen LogP contribution is -2.16. The summed E-state index contributed by atoms with van der Waals surface area (Å²) < 4.78 is 21.8. The standard InChI is InChI=1S/C17H18N4O4/c1-11-18-15(20-24-11)9-16-19-17(25-21-16)13-6-2-3-7-14(13)23-10-12-5-4-8-22-12/h2-3,6-7,12H,4-5,8-10H2,1H3/t12-/m0/s1. The first kappa shape index (κ1) is 15.8. The van der Waals surface area contributed by atoms with E-state index in [-0.39, 0.29) is 6.10 Å². The van der Waals surface area contributed by atoms with E-state index in [0.717, 1.165) is 25.0 Å². The van der Waals surface area contributed by atoms with E-state index in [0.29, 0.717) is 42.2 Å². The van der Waals surface area contributed by atoms with Crippen LogP contribution in [0, 0.1) is 6.92 Å². The fourth-order valence-corrected chi connectivity index (χ4v) is 2.72. The third-order valence-electron chi connectivity index (χ3n) is 3.92. The Morgan fingerprint density at radius 1 is 1.12 bits per heavy atom. The van der Waals surface area contributed by atoms with E-state index in [2.05, 4.69) is 20.3 Å². The summed E-state index contributed by atoms with van der Waals surface area (Å²) >= 11 is 0. The van der Waals surface area contributed by atoms with Gasteiger partial charge in [-0.05, 0) is 25.0 Å². The molecule has 1 atom stereocenters. The van der Waals surface area contributed by atoms with E-state index < -0.39 is 0 Å². The molecule has 3 heterocycles. The highest BCUT2D eigenvalue weighted by molar-refractivity contribution is 5.62. The minimum Gasteiger partial charge on any atom is -0.490 e. The van der Waals surface area contributed by atoms with Crippen LogP contribution in [0.25, 0.3) is 11.5 Å². The molecular formula is C17H18N4O4. The molecule has 4 rings (SSSR count). The summed E-state index contributed by atoms with van der Waals surface area (Å²) in [6.07, 6.45) is 2.60. The average molecular weight is 342 g/mol. The van der Waals surface area contributed by atoms with Gasteiger partial charge in [-0.1, -0.05) is 22.4 Å². The molecule has 3 aromatic rings. The number of rotatable bonds is 6. The average Bonchev–Trinajstić information content (AvgIpc) is 3.36. The largest absolute Gasteiger partial charge is 0.490 e. The molecule has 0 bridgehead atoms. The second-order valence-electron chi connectivity index (χ2n) is 5.86. The van der Waals surface area contributed by atoms with Crippen molar-refractivity contribution >= 4 is 0 Å². The third kappa shape index (κ3) is 3.69. The number of ether oxygens (including phenoxy) is 2. The van der Waals surface area contributed by atoms with Crippen LogP contribution in [0.4, 0.5) is 0 Å². The van der Waals surface area contributed by atoms with Gasteiger partial charge >= 0.3 is 0 Å². The topological polar surface area (TPSA) is 96.3 Å². The lowest BCUT2D eigenvalue weighted by Gasteiger charge is -2.13. The van der Waals surface area contributed by atoms with Crippen molar-refractivity contribution in [3.8, 4) is 17.2 Å². The van der Waals surface area contributed by atoms with Gasteiger partial charge in [0.05, 0.1) is 18.1 Å². The van der Waals surface area contributed by atoms with Crippen molar-refractivity contribution in [3.63, 3.8) is 0 Å². The minimum absolute atomic E-state index is 0.146. The summed E-state index contributed by atoms with van der Waals surface area (Å²) in [6, 6.07) is 7.59. The molecule has 130 valence electrons. The molecule has 2 aromatic heterocycles. The molecule has 8 heteroatoms. The molecule has 0 aliphatic carbocycles. The maximum Gasteiger partial charge on any atom is 0.261 e. The number of aromatic nitrogens is 4. The number of para-hydroxylation sites is 1. The molecule has 0 amide bonds. The fraction of sp³-hybridized carbons (Fsp3) is 0.412. The Morgan fingerprint density at radius 3 is 2.76 bits per heavy atom. The lowest BCUT2D eigenvalue weighted by atomic mass is 10.2. The summed E-state index contributed by atoms with van der Waals surface area (Å²) in [5.41, 5.74) is 0.753. The van der Waals surface area contributed by atoms with Gasteiger partial charge in [-0.25, -0.2) is 0 Å². The van der Waals surface area contributed by atoms with Gasteiger partial charge < -0.3 is 18.5 Å². The second kappa shape index (κ2) is 7.02. The lowest BCUT2D eigenvalue weighted by molar-refractivity contribution is 0.0681. The van der Waals surface area contributed by atoms with Crippen LogP contribution >= 0.6 is 0 Å². The maximum atomic E-state index is 5.91.